The van der Waals surface area contributed by atoms with Crippen LogP contribution in [-0.2, 0) is 18.9 Å². The Morgan fingerprint density at radius 3 is 1.98 bits per heavy atom. The second-order valence-electron chi connectivity index (χ2n) is 10.9. The normalized spacial score (nSPS) is 31.0. The lowest BCUT2D eigenvalue weighted by Gasteiger charge is -2.43. The van der Waals surface area contributed by atoms with E-state index in [-0.39, 0.29) is 22.8 Å². The lowest BCUT2D eigenvalue weighted by Crippen LogP contribution is -2.62. The van der Waals surface area contributed by atoms with E-state index in [2.05, 4.69) is 0 Å². The largest absolute Gasteiger partial charge is 0.496 e. The third-order valence-corrected chi connectivity index (χ3v) is 7.96. The molecule has 0 saturated carbocycles. The summed E-state index contributed by atoms with van der Waals surface area (Å²) in [6.45, 7) is 1.09. The second-order valence-corrected chi connectivity index (χ2v) is 10.9. The van der Waals surface area contributed by atoms with E-state index < -0.39 is 73.8 Å². The molecule has 2 aliphatic heterocycles. The molecule has 2 aromatic carbocycles. The van der Waals surface area contributed by atoms with Crippen molar-refractivity contribution < 1.29 is 73.0 Å². The zero-order valence-corrected chi connectivity index (χ0v) is 26.8. The maximum absolute atomic E-state index is 13.3. The van der Waals surface area contributed by atoms with Crippen molar-refractivity contribution in [3.8, 4) is 28.7 Å². The van der Waals surface area contributed by atoms with Crippen LogP contribution in [0.4, 0.5) is 0 Å². The van der Waals surface area contributed by atoms with Gasteiger partial charge in [-0.2, -0.15) is 0 Å². The van der Waals surface area contributed by atoms with Crippen molar-refractivity contribution in [2.45, 2.75) is 68.3 Å². The first-order chi connectivity index (χ1) is 22.5. The fraction of sp³-hybridized carbons (Fsp3) is 0.531. The van der Waals surface area contributed by atoms with Gasteiger partial charge in [0, 0.05) is 19.2 Å². The highest BCUT2D eigenvalue weighted by atomic mass is 16.7. The minimum absolute atomic E-state index is 0.112. The Labute approximate surface area is 271 Å². The van der Waals surface area contributed by atoms with Gasteiger partial charge in [0.15, 0.2) is 23.6 Å². The van der Waals surface area contributed by atoms with Gasteiger partial charge in [-0.3, -0.25) is 4.79 Å². The molecule has 0 aliphatic carbocycles. The average molecular weight is 667 g/mol. The smallest absolute Gasteiger partial charge is 0.229 e. The Bertz CT molecular complexity index is 1360. The van der Waals surface area contributed by atoms with Crippen LogP contribution in [0.25, 0.3) is 6.08 Å². The molecule has 10 atom stereocenters. The van der Waals surface area contributed by atoms with Crippen LogP contribution in [0.3, 0.4) is 0 Å². The molecule has 0 radical (unpaired) electrons. The van der Waals surface area contributed by atoms with Gasteiger partial charge in [-0.25, -0.2) is 0 Å². The number of methoxy groups -OCH3 is 5. The average Bonchev–Trinajstić information content (AvgIpc) is 3.08. The van der Waals surface area contributed by atoms with E-state index in [1.807, 2.05) is 0 Å². The number of ketones is 1. The summed E-state index contributed by atoms with van der Waals surface area (Å²) in [5, 5.41) is 51.8. The van der Waals surface area contributed by atoms with E-state index in [0.29, 0.717) is 17.1 Å². The predicted octanol–water partition coefficient (Wildman–Crippen LogP) is 0.302. The maximum Gasteiger partial charge on any atom is 0.229 e. The lowest BCUT2D eigenvalue weighted by atomic mass is 9.98. The number of carbonyl (C=O) groups is 1. The minimum Gasteiger partial charge on any atom is -0.496 e. The molecule has 5 N–H and O–H groups in total. The van der Waals surface area contributed by atoms with Gasteiger partial charge in [0.25, 0.3) is 0 Å². The van der Waals surface area contributed by atoms with Gasteiger partial charge in [0.05, 0.1) is 41.2 Å². The summed E-state index contributed by atoms with van der Waals surface area (Å²) in [6.07, 6.45) is -10.4. The number of hydrogen-bond acceptors (Lipinski definition) is 15. The molecule has 0 unspecified atom stereocenters. The van der Waals surface area contributed by atoms with Gasteiger partial charge in [-0.05, 0) is 30.7 Å². The van der Waals surface area contributed by atoms with Crippen LogP contribution in [-0.4, -0.2) is 135 Å². The first-order valence-corrected chi connectivity index (χ1v) is 14.7. The van der Waals surface area contributed by atoms with Gasteiger partial charge in [0.2, 0.25) is 6.29 Å². The van der Waals surface area contributed by atoms with Crippen molar-refractivity contribution >= 4 is 11.9 Å². The summed E-state index contributed by atoms with van der Waals surface area (Å²) in [6, 6.07) is 8.05. The Morgan fingerprint density at radius 1 is 0.745 bits per heavy atom. The minimum atomic E-state index is -1.58. The Balaban J connectivity index is 1.52. The van der Waals surface area contributed by atoms with Crippen LogP contribution in [0, 0.1) is 0 Å². The SMILES string of the molecule is COc1ccc(/C=C/C(=O)c2c(OC)cc(O[C@@H]3O[C@H](CO[C@@H]4O[C@@H](C)[C@H](O)[C@@H](O)[C@H]4O)[C@@H](O)[C@H](O)[C@H]3OC)cc2OC)cc1OC. The van der Waals surface area contributed by atoms with Gasteiger partial charge in [0.1, 0.15) is 65.5 Å². The fourth-order valence-corrected chi connectivity index (χ4v) is 5.27. The number of ether oxygens (including phenoxy) is 9. The highest BCUT2D eigenvalue weighted by molar-refractivity contribution is 6.10. The van der Waals surface area contributed by atoms with Crippen molar-refractivity contribution in [3.63, 3.8) is 0 Å². The molecule has 15 heteroatoms. The van der Waals surface area contributed by atoms with E-state index in [1.165, 1.54) is 60.7 Å². The fourth-order valence-electron chi connectivity index (χ4n) is 5.27. The molecular formula is C32H42O15. The summed E-state index contributed by atoms with van der Waals surface area (Å²) in [5.74, 6) is 0.956. The molecule has 2 fully saturated rings. The lowest BCUT2D eigenvalue weighted by molar-refractivity contribution is -0.320. The van der Waals surface area contributed by atoms with Gasteiger partial charge >= 0.3 is 0 Å². The molecule has 4 rings (SSSR count). The molecule has 2 saturated heterocycles. The van der Waals surface area contributed by atoms with Crippen molar-refractivity contribution in [2.75, 3.05) is 42.2 Å². The standard InChI is InChI=1S/C32H42O15/c1-15-25(34)27(36)29(38)31(45-15)44-14-23-26(35)28(37)30(43-6)32(47-23)46-17-12-21(41-4)24(22(13-17)42-5)18(33)9-7-16-8-10-19(39-2)20(11-16)40-3/h7-13,15,23,25-32,34-38H,14H2,1-6H3/b9-7+/t15-,23+,25-,26+,27+,28-,29+,30+,31+,32+/m0/s1. The third kappa shape index (κ3) is 7.97. The first kappa shape index (κ1) is 36.3. The highest BCUT2D eigenvalue weighted by Gasteiger charge is 2.48. The second kappa shape index (κ2) is 16.1. The number of benzene rings is 2. The zero-order chi connectivity index (χ0) is 34.4. The van der Waals surface area contributed by atoms with E-state index in [0.717, 1.165) is 0 Å². The predicted molar refractivity (Wildman–Crippen MR) is 163 cm³/mol. The molecule has 260 valence electrons. The van der Waals surface area contributed by atoms with Gasteiger partial charge in [-0.15, -0.1) is 0 Å². The van der Waals surface area contributed by atoms with Crippen LogP contribution in [0.5, 0.6) is 28.7 Å². The summed E-state index contributed by atoms with van der Waals surface area (Å²) >= 11 is 0. The molecular weight excluding hydrogens is 624 g/mol. The van der Waals surface area contributed by atoms with Crippen LogP contribution in [0.2, 0.25) is 0 Å². The third-order valence-electron chi connectivity index (χ3n) is 7.96. The topological polar surface area (TPSA) is 201 Å². The highest BCUT2D eigenvalue weighted by Crippen LogP contribution is 2.37. The van der Waals surface area contributed by atoms with E-state index in [4.69, 9.17) is 42.6 Å². The quantitative estimate of drug-likeness (QED) is 0.144. The number of allylic oxidation sites excluding steroid dienone is 1. The van der Waals surface area contributed by atoms with Crippen molar-refractivity contribution in [2.24, 2.45) is 0 Å². The van der Waals surface area contributed by atoms with E-state index >= 15 is 0 Å². The summed E-state index contributed by atoms with van der Waals surface area (Å²) < 4.78 is 49.9. The Kier molecular flexibility index (Phi) is 12.4. The number of aliphatic hydroxyl groups is 5. The summed E-state index contributed by atoms with van der Waals surface area (Å²) in [5.41, 5.74) is 0.794. The maximum atomic E-state index is 13.3. The molecule has 2 aromatic rings. The number of rotatable bonds is 13. The van der Waals surface area contributed by atoms with Gasteiger partial charge < -0.3 is 68.2 Å². The molecule has 47 heavy (non-hydrogen) atoms. The molecule has 2 heterocycles. The molecule has 15 nitrogen and oxygen atoms in total. The number of aliphatic hydroxyl groups excluding tert-OH is 5. The zero-order valence-electron chi connectivity index (χ0n) is 26.8. The molecule has 0 spiro atoms. The van der Waals surface area contributed by atoms with E-state index in [1.54, 1.807) is 24.3 Å². The molecule has 0 aromatic heterocycles. The van der Waals surface area contributed by atoms with Crippen molar-refractivity contribution in [1.29, 1.82) is 0 Å². The summed E-state index contributed by atoms with van der Waals surface area (Å²) in [7, 11) is 7.07. The number of hydrogen-bond donors (Lipinski definition) is 5. The molecule has 0 bridgehead atoms. The van der Waals surface area contributed by atoms with Crippen LogP contribution in [0.15, 0.2) is 36.4 Å². The van der Waals surface area contributed by atoms with Crippen molar-refractivity contribution in [1.82, 2.24) is 0 Å². The Hall–Kier alpha value is -3.51. The number of carbonyl (C=O) groups excluding carboxylic acids is 1. The van der Waals surface area contributed by atoms with Crippen LogP contribution >= 0.6 is 0 Å². The first-order valence-electron chi connectivity index (χ1n) is 14.7. The van der Waals surface area contributed by atoms with Crippen LogP contribution < -0.4 is 23.7 Å². The molecule has 0 amide bonds. The Morgan fingerprint density at radius 2 is 1.38 bits per heavy atom. The summed E-state index contributed by atoms with van der Waals surface area (Å²) in [4.78, 5) is 13.3. The van der Waals surface area contributed by atoms with Gasteiger partial charge in [-0.1, -0.05) is 12.1 Å². The molecule has 2 aliphatic rings. The monoisotopic (exact) mass is 666 g/mol. The van der Waals surface area contributed by atoms with E-state index in [9.17, 15) is 30.3 Å². The van der Waals surface area contributed by atoms with Crippen LogP contribution in [0.1, 0.15) is 22.8 Å². The van der Waals surface area contributed by atoms with Crippen molar-refractivity contribution in [3.05, 3.63) is 47.5 Å².